The number of fused-ring (bicyclic) bond motifs is 2. The largest absolute Gasteiger partial charge is 0.481 e. The molecule has 0 amide bonds. The molecule has 25 heavy (non-hydrogen) atoms. The number of aldehydes is 1. The molecule has 5 heteroatoms. The van der Waals surface area contributed by atoms with Crippen LogP contribution in [0.5, 0.6) is 0 Å². The molecule has 0 aliphatic heterocycles. The van der Waals surface area contributed by atoms with Gasteiger partial charge in [0.25, 0.3) is 0 Å². The van der Waals surface area contributed by atoms with E-state index in [1.807, 2.05) is 6.92 Å². The molecule has 2 N–H and O–H groups in total. The number of carbonyl (C=O) groups is 3. The molecule has 3 aliphatic carbocycles. The Morgan fingerprint density at radius 3 is 2.44 bits per heavy atom. The van der Waals surface area contributed by atoms with Crippen LogP contribution in [0.15, 0.2) is 12.2 Å². The maximum absolute atomic E-state index is 12.2. The summed E-state index contributed by atoms with van der Waals surface area (Å²) >= 11 is 0. The zero-order valence-corrected chi connectivity index (χ0v) is 15.1. The smallest absolute Gasteiger partial charge is 0.310 e. The van der Waals surface area contributed by atoms with E-state index < -0.39 is 34.1 Å². The third-order valence-corrected chi connectivity index (χ3v) is 7.73. The summed E-state index contributed by atoms with van der Waals surface area (Å²) in [6.45, 7) is 7.62. The summed E-state index contributed by atoms with van der Waals surface area (Å²) < 4.78 is 0. The first-order chi connectivity index (χ1) is 11.6. The topological polar surface area (TPSA) is 91.7 Å². The van der Waals surface area contributed by atoms with Gasteiger partial charge in [0.2, 0.25) is 0 Å². The van der Waals surface area contributed by atoms with E-state index in [-0.39, 0.29) is 5.92 Å². The summed E-state index contributed by atoms with van der Waals surface area (Å²) in [6, 6.07) is 0. The fourth-order valence-electron chi connectivity index (χ4n) is 6.64. The molecule has 138 valence electrons. The van der Waals surface area contributed by atoms with E-state index in [2.05, 4.69) is 6.58 Å². The second-order valence-corrected chi connectivity index (χ2v) is 9.07. The van der Waals surface area contributed by atoms with Crippen LogP contribution in [0, 0.1) is 34.0 Å². The van der Waals surface area contributed by atoms with Crippen molar-refractivity contribution in [2.75, 3.05) is 0 Å². The van der Waals surface area contributed by atoms with Gasteiger partial charge in [-0.05, 0) is 62.7 Å². The Hall–Kier alpha value is -1.65. The Kier molecular flexibility index (Phi) is 4.12. The molecule has 0 saturated heterocycles. The van der Waals surface area contributed by atoms with Crippen molar-refractivity contribution in [3.05, 3.63) is 12.2 Å². The lowest BCUT2D eigenvalue weighted by atomic mass is 9.46. The van der Waals surface area contributed by atoms with Gasteiger partial charge in [-0.3, -0.25) is 9.59 Å². The number of hydrogen-bond acceptors (Lipinski definition) is 3. The minimum Gasteiger partial charge on any atom is -0.481 e. The molecule has 6 atom stereocenters. The van der Waals surface area contributed by atoms with Gasteiger partial charge in [0, 0.05) is 5.41 Å². The van der Waals surface area contributed by atoms with E-state index in [0.717, 1.165) is 31.1 Å². The molecule has 3 fully saturated rings. The third-order valence-electron chi connectivity index (χ3n) is 7.73. The second kappa shape index (κ2) is 5.68. The van der Waals surface area contributed by atoms with Crippen molar-refractivity contribution in [3.8, 4) is 0 Å². The Balaban J connectivity index is 2.09. The minimum atomic E-state index is -1.30. The van der Waals surface area contributed by atoms with E-state index in [0.29, 0.717) is 31.6 Å². The van der Waals surface area contributed by atoms with Gasteiger partial charge < -0.3 is 15.0 Å². The van der Waals surface area contributed by atoms with Gasteiger partial charge >= 0.3 is 11.9 Å². The van der Waals surface area contributed by atoms with Crippen LogP contribution in [0.2, 0.25) is 0 Å². The van der Waals surface area contributed by atoms with Crippen LogP contribution in [0.4, 0.5) is 0 Å². The lowest BCUT2D eigenvalue weighted by Gasteiger charge is -2.56. The van der Waals surface area contributed by atoms with Gasteiger partial charge in [0.1, 0.15) is 6.29 Å². The van der Waals surface area contributed by atoms with Gasteiger partial charge in [-0.1, -0.05) is 25.5 Å². The highest BCUT2D eigenvalue weighted by molar-refractivity contribution is 5.84. The number of carbonyl (C=O) groups excluding carboxylic acids is 1. The van der Waals surface area contributed by atoms with Gasteiger partial charge in [-0.15, -0.1) is 0 Å². The summed E-state index contributed by atoms with van der Waals surface area (Å²) in [7, 11) is 0. The monoisotopic (exact) mass is 348 g/mol. The molecule has 0 radical (unpaired) electrons. The highest BCUT2D eigenvalue weighted by Crippen LogP contribution is 2.66. The van der Waals surface area contributed by atoms with Crippen LogP contribution >= 0.6 is 0 Å². The van der Waals surface area contributed by atoms with Crippen LogP contribution < -0.4 is 0 Å². The van der Waals surface area contributed by atoms with Crippen molar-refractivity contribution in [1.29, 1.82) is 0 Å². The van der Waals surface area contributed by atoms with Crippen LogP contribution in [-0.4, -0.2) is 28.4 Å². The average Bonchev–Trinajstić information content (AvgIpc) is 2.77. The maximum atomic E-state index is 12.2. The SMILES string of the molecule is C=C1C[C@]2(C=O)C[C@H]1CC[C@H]2[C@]1(C)CCC[C@@](C)(C(=O)O)[C@H]1C(=O)O. The van der Waals surface area contributed by atoms with Gasteiger partial charge in [-0.2, -0.15) is 0 Å². The predicted octanol–water partition coefficient (Wildman–Crippen LogP) is 3.53. The quantitative estimate of drug-likeness (QED) is 0.599. The Labute approximate surface area is 148 Å². The first kappa shape index (κ1) is 18.2. The molecule has 0 heterocycles. The van der Waals surface area contributed by atoms with E-state index in [1.54, 1.807) is 6.92 Å². The molecular formula is C20H28O5. The Morgan fingerprint density at radius 1 is 1.20 bits per heavy atom. The number of hydrogen-bond donors (Lipinski definition) is 2. The highest BCUT2D eigenvalue weighted by atomic mass is 16.4. The Morgan fingerprint density at radius 2 is 1.88 bits per heavy atom. The van der Waals surface area contributed by atoms with E-state index in [4.69, 9.17) is 0 Å². The average molecular weight is 348 g/mol. The van der Waals surface area contributed by atoms with Gasteiger partial charge in [0.05, 0.1) is 11.3 Å². The molecule has 0 aromatic carbocycles. The van der Waals surface area contributed by atoms with Crippen molar-refractivity contribution in [2.24, 2.45) is 34.0 Å². The lowest BCUT2D eigenvalue weighted by molar-refractivity contribution is -0.183. The summed E-state index contributed by atoms with van der Waals surface area (Å²) in [5.74, 6) is -2.84. The molecule has 3 rings (SSSR count). The minimum absolute atomic E-state index is 0.104. The van der Waals surface area contributed by atoms with Crippen LogP contribution in [-0.2, 0) is 14.4 Å². The van der Waals surface area contributed by atoms with Crippen molar-refractivity contribution in [3.63, 3.8) is 0 Å². The van der Waals surface area contributed by atoms with Crippen molar-refractivity contribution < 1.29 is 24.6 Å². The molecule has 3 saturated carbocycles. The van der Waals surface area contributed by atoms with E-state index in [1.165, 1.54) is 0 Å². The number of rotatable bonds is 4. The zero-order chi connectivity index (χ0) is 18.6. The fourth-order valence-corrected chi connectivity index (χ4v) is 6.64. The third kappa shape index (κ3) is 2.38. The lowest BCUT2D eigenvalue weighted by Crippen LogP contribution is -2.57. The first-order valence-corrected chi connectivity index (χ1v) is 9.21. The summed E-state index contributed by atoms with van der Waals surface area (Å²) in [5.41, 5.74) is -1.47. The molecule has 0 aromatic heterocycles. The first-order valence-electron chi connectivity index (χ1n) is 9.21. The normalized spacial score (nSPS) is 46.6. The molecule has 0 unspecified atom stereocenters. The number of carboxylic acids is 2. The molecule has 2 bridgehead atoms. The Bertz CT molecular complexity index is 640. The molecule has 0 aromatic rings. The summed E-state index contributed by atoms with van der Waals surface area (Å²) in [4.78, 5) is 36.3. The number of carboxylic acid groups (broad SMARTS) is 2. The van der Waals surface area contributed by atoms with E-state index in [9.17, 15) is 24.6 Å². The van der Waals surface area contributed by atoms with Gasteiger partial charge in [-0.25, -0.2) is 0 Å². The highest BCUT2D eigenvalue weighted by Gasteiger charge is 2.64. The van der Waals surface area contributed by atoms with Crippen LogP contribution in [0.1, 0.15) is 58.8 Å². The zero-order valence-electron chi connectivity index (χ0n) is 15.1. The van der Waals surface area contributed by atoms with Crippen molar-refractivity contribution in [2.45, 2.75) is 58.8 Å². The molecular weight excluding hydrogens is 320 g/mol. The molecule has 3 aliphatic rings. The van der Waals surface area contributed by atoms with Crippen LogP contribution in [0.3, 0.4) is 0 Å². The van der Waals surface area contributed by atoms with Crippen LogP contribution in [0.25, 0.3) is 0 Å². The molecule has 5 nitrogen and oxygen atoms in total. The van der Waals surface area contributed by atoms with Crippen molar-refractivity contribution >= 4 is 18.2 Å². The van der Waals surface area contributed by atoms with E-state index >= 15 is 0 Å². The maximum Gasteiger partial charge on any atom is 0.310 e. The number of allylic oxidation sites excluding steroid dienone is 1. The van der Waals surface area contributed by atoms with Crippen molar-refractivity contribution in [1.82, 2.24) is 0 Å². The number of aliphatic carboxylic acids is 2. The van der Waals surface area contributed by atoms with Gasteiger partial charge in [0.15, 0.2) is 0 Å². The standard InChI is InChI=1S/C20H28O5/c1-12-9-20(11-21)10-13(12)5-6-14(20)18(2)7-4-8-19(3,17(24)25)15(18)16(22)23/h11,13-15H,1,4-10H2,2-3H3,(H,22,23)(H,24,25)/t13-,14+,15+,18+,19-,20-/m1/s1. The summed E-state index contributed by atoms with van der Waals surface area (Å²) in [6.07, 6.45) is 5.79. The summed E-state index contributed by atoms with van der Waals surface area (Å²) in [5, 5.41) is 19.8. The molecule has 0 spiro atoms. The predicted molar refractivity (Wildman–Crippen MR) is 91.9 cm³/mol. The fraction of sp³-hybridized carbons (Fsp3) is 0.750. The second-order valence-electron chi connectivity index (χ2n) is 9.07.